The van der Waals surface area contributed by atoms with Crippen LogP contribution in [0.15, 0.2) is 24.4 Å². The van der Waals surface area contributed by atoms with Gasteiger partial charge in [-0.2, -0.15) is 0 Å². The highest BCUT2D eigenvalue weighted by atomic mass is 16.4. The Morgan fingerprint density at radius 2 is 1.95 bits per heavy atom. The fraction of sp³-hybridized carbons (Fsp3) is 0.375. The molecule has 20 heavy (non-hydrogen) atoms. The lowest BCUT2D eigenvalue weighted by molar-refractivity contribution is -0.137. The van der Waals surface area contributed by atoms with E-state index in [-0.39, 0.29) is 12.2 Å². The number of hydrogen-bond acceptors (Lipinski definition) is 2. The normalized spacial score (nSPS) is 10.8. The molecule has 0 bridgehead atoms. The van der Waals surface area contributed by atoms with Crippen LogP contribution in [0, 0.1) is 0 Å². The molecule has 1 heterocycles. The summed E-state index contributed by atoms with van der Waals surface area (Å²) in [4.78, 5) is 25.8. The van der Waals surface area contributed by atoms with Gasteiger partial charge in [-0.25, -0.2) is 0 Å². The van der Waals surface area contributed by atoms with Crippen molar-refractivity contribution < 1.29 is 14.7 Å². The van der Waals surface area contributed by atoms with Gasteiger partial charge in [-0.15, -0.1) is 0 Å². The van der Waals surface area contributed by atoms with E-state index in [1.165, 1.54) is 0 Å². The van der Waals surface area contributed by atoms with Crippen molar-refractivity contribution in [2.45, 2.75) is 39.0 Å². The number of aryl methyl sites for hydroxylation is 1. The summed E-state index contributed by atoms with van der Waals surface area (Å²) in [6.07, 6.45) is 4.34. The number of carboxylic acid groups (broad SMARTS) is 1. The topological polar surface area (TPSA) is 70.2 Å². The number of carbonyl (C=O) groups excluding carboxylic acids is 1. The first-order valence-corrected chi connectivity index (χ1v) is 6.97. The van der Waals surface area contributed by atoms with Gasteiger partial charge in [0.25, 0.3) is 0 Å². The average Bonchev–Trinajstić information content (AvgIpc) is 2.87. The highest BCUT2D eigenvalue weighted by Crippen LogP contribution is 2.24. The summed E-state index contributed by atoms with van der Waals surface area (Å²) in [5, 5.41) is 9.59. The molecule has 0 aliphatic rings. The molecule has 106 valence electrons. The van der Waals surface area contributed by atoms with Gasteiger partial charge in [-0.1, -0.05) is 19.1 Å². The Balaban J connectivity index is 2.12. The number of Topliss-reactive ketones (excluding diaryl/α,β-unsaturated/α-hetero) is 1. The van der Waals surface area contributed by atoms with E-state index in [0.29, 0.717) is 19.3 Å². The number of rotatable bonds is 7. The van der Waals surface area contributed by atoms with Crippen LogP contribution in [0.1, 0.15) is 48.5 Å². The molecule has 1 aromatic heterocycles. The summed E-state index contributed by atoms with van der Waals surface area (Å²) < 4.78 is 0. The molecule has 0 fully saturated rings. The summed E-state index contributed by atoms with van der Waals surface area (Å²) in [6, 6.07) is 5.99. The molecule has 0 saturated carbocycles. The van der Waals surface area contributed by atoms with Gasteiger partial charge in [-0.05, 0) is 30.9 Å². The lowest BCUT2D eigenvalue weighted by atomic mass is 9.99. The van der Waals surface area contributed by atoms with Gasteiger partial charge in [0.05, 0.1) is 0 Å². The zero-order valence-electron chi connectivity index (χ0n) is 11.6. The number of H-pyrrole nitrogens is 1. The van der Waals surface area contributed by atoms with Crippen LogP contribution in [0.5, 0.6) is 0 Å². The lowest BCUT2D eigenvalue weighted by Gasteiger charge is -2.03. The molecular weight excluding hydrogens is 254 g/mol. The second-order valence-corrected chi connectivity index (χ2v) is 4.92. The first-order chi connectivity index (χ1) is 9.63. The molecule has 0 amide bonds. The molecule has 2 rings (SSSR count). The van der Waals surface area contributed by atoms with E-state index < -0.39 is 5.97 Å². The van der Waals surface area contributed by atoms with Crippen LogP contribution in [0.2, 0.25) is 0 Å². The highest BCUT2D eigenvalue weighted by molar-refractivity contribution is 6.08. The van der Waals surface area contributed by atoms with Gasteiger partial charge >= 0.3 is 5.97 Å². The minimum atomic E-state index is -0.808. The first kappa shape index (κ1) is 14.3. The number of unbranched alkanes of at least 4 members (excludes halogenated alkanes) is 1. The van der Waals surface area contributed by atoms with Crippen LogP contribution in [-0.4, -0.2) is 21.8 Å². The van der Waals surface area contributed by atoms with Gasteiger partial charge in [0.1, 0.15) is 0 Å². The van der Waals surface area contributed by atoms with Crippen molar-refractivity contribution in [3.8, 4) is 0 Å². The first-order valence-electron chi connectivity index (χ1n) is 6.97. The SMILES string of the molecule is CCc1cccc2[nH]cc(C(=O)CCCCC(=O)O)c12. The molecule has 4 nitrogen and oxygen atoms in total. The number of aliphatic carboxylic acids is 1. The van der Waals surface area contributed by atoms with Crippen LogP contribution < -0.4 is 0 Å². The number of ketones is 1. The third-order valence-corrected chi connectivity index (χ3v) is 3.52. The zero-order valence-corrected chi connectivity index (χ0v) is 11.6. The Morgan fingerprint density at radius 3 is 2.65 bits per heavy atom. The summed E-state index contributed by atoms with van der Waals surface area (Å²) in [5.41, 5.74) is 2.88. The fourth-order valence-corrected chi connectivity index (χ4v) is 2.47. The minimum Gasteiger partial charge on any atom is -0.481 e. The Kier molecular flexibility index (Phi) is 4.56. The monoisotopic (exact) mass is 273 g/mol. The van der Waals surface area contributed by atoms with Gasteiger partial charge in [0.2, 0.25) is 0 Å². The lowest BCUT2D eigenvalue weighted by Crippen LogP contribution is -2.00. The number of hydrogen-bond donors (Lipinski definition) is 2. The molecule has 0 atom stereocenters. The summed E-state index contributed by atoms with van der Waals surface area (Å²) >= 11 is 0. The zero-order chi connectivity index (χ0) is 14.5. The van der Waals surface area contributed by atoms with Crippen molar-refractivity contribution in [1.29, 1.82) is 0 Å². The Hall–Kier alpha value is -2.10. The molecule has 0 saturated heterocycles. The Morgan fingerprint density at radius 1 is 1.20 bits per heavy atom. The third-order valence-electron chi connectivity index (χ3n) is 3.52. The van der Waals surface area contributed by atoms with E-state index in [9.17, 15) is 9.59 Å². The number of nitrogens with one attached hydrogen (secondary N) is 1. The van der Waals surface area contributed by atoms with Crippen molar-refractivity contribution >= 4 is 22.7 Å². The van der Waals surface area contributed by atoms with Crippen LogP contribution in [0.4, 0.5) is 0 Å². The van der Waals surface area contributed by atoms with Crippen molar-refractivity contribution in [3.05, 3.63) is 35.5 Å². The van der Waals surface area contributed by atoms with Crippen LogP contribution in [0.3, 0.4) is 0 Å². The van der Waals surface area contributed by atoms with Crippen LogP contribution in [0.25, 0.3) is 10.9 Å². The van der Waals surface area contributed by atoms with Gasteiger partial charge in [0, 0.05) is 35.5 Å². The summed E-state index contributed by atoms with van der Waals surface area (Å²) in [7, 11) is 0. The number of aromatic nitrogens is 1. The maximum absolute atomic E-state index is 12.3. The van der Waals surface area contributed by atoms with E-state index in [0.717, 1.165) is 28.5 Å². The van der Waals surface area contributed by atoms with E-state index in [2.05, 4.69) is 11.9 Å². The molecule has 0 unspecified atom stereocenters. The highest BCUT2D eigenvalue weighted by Gasteiger charge is 2.14. The summed E-state index contributed by atoms with van der Waals surface area (Å²) in [5.74, 6) is -0.722. The smallest absolute Gasteiger partial charge is 0.303 e. The maximum atomic E-state index is 12.3. The van der Waals surface area contributed by atoms with Gasteiger partial charge in [0.15, 0.2) is 5.78 Å². The summed E-state index contributed by atoms with van der Waals surface area (Å²) in [6.45, 7) is 2.07. The fourth-order valence-electron chi connectivity index (χ4n) is 2.47. The Labute approximate surface area is 117 Å². The number of benzene rings is 1. The standard InChI is InChI=1S/C16H19NO3/c1-2-11-6-5-7-13-16(11)12(10-17-13)14(18)8-3-4-9-15(19)20/h5-7,10,17H,2-4,8-9H2,1H3,(H,19,20). The predicted octanol–water partition coefficient (Wildman–Crippen LogP) is 3.56. The van der Waals surface area contributed by atoms with Crippen molar-refractivity contribution in [1.82, 2.24) is 4.98 Å². The average molecular weight is 273 g/mol. The number of carboxylic acids is 1. The molecule has 0 radical (unpaired) electrons. The number of carbonyl (C=O) groups is 2. The van der Waals surface area contributed by atoms with Crippen molar-refractivity contribution in [3.63, 3.8) is 0 Å². The Bertz CT molecular complexity index is 628. The van der Waals surface area contributed by atoms with Crippen LogP contribution >= 0.6 is 0 Å². The predicted molar refractivity (Wildman–Crippen MR) is 78.1 cm³/mol. The van der Waals surface area contributed by atoms with Crippen molar-refractivity contribution in [2.24, 2.45) is 0 Å². The van der Waals surface area contributed by atoms with Crippen molar-refractivity contribution in [2.75, 3.05) is 0 Å². The quantitative estimate of drug-likeness (QED) is 0.598. The molecule has 2 N–H and O–H groups in total. The van der Waals surface area contributed by atoms with Gasteiger partial charge in [-0.3, -0.25) is 9.59 Å². The minimum absolute atomic E-state index is 0.0857. The number of aromatic amines is 1. The molecule has 0 aliphatic heterocycles. The third kappa shape index (κ3) is 3.07. The molecule has 4 heteroatoms. The molecule has 2 aromatic rings. The molecular formula is C16H19NO3. The van der Waals surface area contributed by atoms with Gasteiger partial charge < -0.3 is 10.1 Å². The molecule has 0 spiro atoms. The van der Waals surface area contributed by atoms with E-state index in [4.69, 9.17) is 5.11 Å². The maximum Gasteiger partial charge on any atom is 0.303 e. The van der Waals surface area contributed by atoms with E-state index in [1.54, 1.807) is 6.20 Å². The molecule has 0 aliphatic carbocycles. The second-order valence-electron chi connectivity index (χ2n) is 4.92. The van der Waals surface area contributed by atoms with E-state index in [1.807, 2.05) is 18.2 Å². The number of fused-ring (bicyclic) bond motifs is 1. The molecule has 1 aromatic carbocycles. The van der Waals surface area contributed by atoms with E-state index >= 15 is 0 Å². The second kappa shape index (κ2) is 6.37. The van der Waals surface area contributed by atoms with Crippen LogP contribution in [-0.2, 0) is 11.2 Å². The largest absolute Gasteiger partial charge is 0.481 e.